The smallest absolute Gasteiger partial charge is 0.272 e. The van der Waals surface area contributed by atoms with E-state index in [9.17, 15) is 9.59 Å². The summed E-state index contributed by atoms with van der Waals surface area (Å²) in [4.78, 5) is 26.7. The molecule has 1 aromatic heterocycles. The number of hydrogen-bond donors (Lipinski definition) is 2. The van der Waals surface area contributed by atoms with Gasteiger partial charge in [0.25, 0.3) is 5.91 Å². The topological polar surface area (TPSA) is 83.5 Å². The van der Waals surface area contributed by atoms with Gasteiger partial charge in [-0.1, -0.05) is 12.1 Å². The number of amides is 2. The van der Waals surface area contributed by atoms with Crippen LogP contribution in [-0.2, 0) is 4.79 Å². The summed E-state index contributed by atoms with van der Waals surface area (Å²) < 4.78 is 0. The Morgan fingerprint density at radius 1 is 1.05 bits per heavy atom. The maximum Gasteiger partial charge on any atom is 0.272 e. The summed E-state index contributed by atoms with van der Waals surface area (Å²) in [6.07, 6.45) is 3.07. The highest BCUT2D eigenvalue weighted by Crippen LogP contribution is 2.10. The van der Waals surface area contributed by atoms with Crippen LogP contribution >= 0.6 is 0 Å². The standard InChI is InChI=1S/C16H16N4O2/c1-11(13-5-7-15(8-6-13)18-12(2)21)19-20-16(22)14-4-3-9-17-10-14/h3-10H,1-2H3,(H,18,21)(H,20,22)/b19-11-. The number of nitrogens with zero attached hydrogens (tertiary/aromatic N) is 2. The second-order valence-electron chi connectivity index (χ2n) is 4.64. The van der Waals surface area contributed by atoms with E-state index in [4.69, 9.17) is 0 Å². The van der Waals surface area contributed by atoms with Crippen molar-refractivity contribution in [1.29, 1.82) is 0 Å². The number of rotatable bonds is 4. The van der Waals surface area contributed by atoms with Crippen LogP contribution in [0.4, 0.5) is 5.69 Å². The van der Waals surface area contributed by atoms with E-state index < -0.39 is 0 Å². The van der Waals surface area contributed by atoms with Crippen LogP contribution in [0.15, 0.2) is 53.9 Å². The fraction of sp³-hybridized carbons (Fsp3) is 0.125. The Kier molecular flexibility index (Phi) is 4.98. The first kappa shape index (κ1) is 15.4. The lowest BCUT2D eigenvalue weighted by Crippen LogP contribution is -2.19. The Hall–Kier alpha value is -3.02. The second kappa shape index (κ2) is 7.12. The molecule has 0 aliphatic heterocycles. The molecule has 2 aromatic rings. The number of carbonyl (C=O) groups is 2. The molecule has 0 aliphatic carbocycles. The molecule has 6 heteroatoms. The van der Waals surface area contributed by atoms with Crippen molar-refractivity contribution in [2.45, 2.75) is 13.8 Å². The first-order chi connectivity index (χ1) is 10.6. The van der Waals surface area contributed by atoms with Crippen molar-refractivity contribution in [3.63, 3.8) is 0 Å². The van der Waals surface area contributed by atoms with Crippen molar-refractivity contribution < 1.29 is 9.59 Å². The number of nitrogens with one attached hydrogen (secondary N) is 2. The fourth-order valence-electron chi connectivity index (χ4n) is 1.76. The molecular weight excluding hydrogens is 280 g/mol. The van der Waals surface area contributed by atoms with Gasteiger partial charge in [-0.05, 0) is 36.8 Å². The zero-order chi connectivity index (χ0) is 15.9. The molecule has 2 N–H and O–H groups in total. The van der Waals surface area contributed by atoms with Gasteiger partial charge in [0.2, 0.25) is 5.91 Å². The van der Waals surface area contributed by atoms with Gasteiger partial charge in [0.05, 0.1) is 11.3 Å². The van der Waals surface area contributed by atoms with Gasteiger partial charge in [-0.3, -0.25) is 14.6 Å². The molecule has 112 valence electrons. The van der Waals surface area contributed by atoms with E-state index in [1.807, 2.05) is 12.1 Å². The van der Waals surface area contributed by atoms with Crippen molar-refractivity contribution in [3.05, 3.63) is 59.9 Å². The lowest BCUT2D eigenvalue weighted by molar-refractivity contribution is -0.114. The van der Waals surface area contributed by atoms with Gasteiger partial charge >= 0.3 is 0 Å². The molecule has 1 aromatic carbocycles. The van der Waals surface area contributed by atoms with Crippen molar-refractivity contribution in [3.8, 4) is 0 Å². The van der Waals surface area contributed by atoms with Crippen LogP contribution in [0.5, 0.6) is 0 Å². The molecule has 0 saturated carbocycles. The molecule has 0 aliphatic rings. The minimum atomic E-state index is -0.317. The van der Waals surface area contributed by atoms with Crippen LogP contribution in [-0.4, -0.2) is 22.5 Å². The van der Waals surface area contributed by atoms with Gasteiger partial charge in [0.1, 0.15) is 0 Å². The highest BCUT2D eigenvalue weighted by atomic mass is 16.2. The van der Waals surface area contributed by atoms with Crippen LogP contribution in [0.3, 0.4) is 0 Å². The lowest BCUT2D eigenvalue weighted by Gasteiger charge is -2.05. The molecule has 2 rings (SSSR count). The monoisotopic (exact) mass is 296 g/mol. The predicted octanol–water partition coefficient (Wildman–Crippen LogP) is 2.19. The van der Waals surface area contributed by atoms with Gasteiger partial charge < -0.3 is 5.32 Å². The van der Waals surface area contributed by atoms with E-state index in [1.54, 1.807) is 37.4 Å². The molecule has 0 fully saturated rings. The number of hydrogen-bond acceptors (Lipinski definition) is 4. The zero-order valence-corrected chi connectivity index (χ0v) is 12.3. The number of hydrazone groups is 1. The minimum absolute atomic E-state index is 0.123. The summed E-state index contributed by atoms with van der Waals surface area (Å²) in [6.45, 7) is 3.24. The molecular formula is C16H16N4O2. The van der Waals surface area contributed by atoms with Gasteiger partial charge in [-0.25, -0.2) is 5.43 Å². The van der Waals surface area contributed by atoms with Crippen molar-refractivity contribution >= 4 is 23.2 Å². The van der Waals surface area contributed by atoms with Crippen LogP contribution in [0.1, 0.15) is 29.8 Å². The number of pyridine rings is 1. The summed E-state index contributed by atoms with van der Waals surface area (Å²) in [5.41, 5.74) is 5.15. The minimum Gasteiger partial charge on any atom is -0.326 e. The molecule has 22 heavy (non-hydrogen) atoms. The maximum absolute atomic E-state index is 11.9. The van der Waals surface area contributed by atoms with Gasteiger partial charge in [-0.15, -0.1) is 0 Å². The first-order valence-electron chi connectivity index (χ1n) is 6.69. The van der Waals surface area contributed by atoms with E-state index >= 15 is 0 Å². The highest BCUT2D eigenvalue weighted by molar-refractivity contribution is 6.01. The zero-order valence-electron chi connectivity index (χ0n) is 12.3. The molecule has 0 spiro atoms. The van der Waals surface area contributed by atoms with Crippen LogP contribution in [0.25, 0.3) is 0 Å². The van der Waals surface area contributed by atoms with Crippen LogP contribution in [0, 0.1) is 0 Å². The molecule has 0 bridgehead atoms. The summed E-state index contributed by atoms with van der Waals surface area (Å²) in [7, 11) is 0. The number of anilines is 1. The Morgan fingerprint density at radius 2 is 1.77 bits per heavy atom. The average Bonchev–Trinajstić information content (AvgIpc) is 2.53. The Bertz CT molecular complexity index is 694. The number of aromatic nitrogens is 1. The number of benzene rings is 1. The SMILES string of the molecule is CC(=O)Nc1ccc(/C(C)=N\NC(=O)c2cccnc2)cc1. The molecule has 1 heterocycles. The third kappa shape index (κ3) is 4.24. The Morgan fingerprint density at radius 3 is 2.36 bits per heavy atom. The van der Waals surface area contributed by atoms with Crippen molar-refractivity contribution in [2.75, 3.05) is 5.32 Å². The summed E-state index contributed by atoms with van der Waals surface area (Å²) in [5, 5.41) is 6.75. The molecule has 0 radical (unpaired) electrons. The third-order valence-electron chi connectivity index (χ3n) is 2.87. The maximum atomic E-state index is 11.9. The largest absolute Gasteiger partial charge is 0.326 e. The number of carbonyl (C=O) groups excluding carboxylic acids is 2. The molecule has 0 unspecified atom stereocenters. The Labute approximate surface area is 128 Å². The summed E-state index contributed by atoms with van der Waals surface area (Å²) >= 11 is 0. The second-order valence-corrected chi connectivity index (χ2v) is 4.64. The van der Waals surface area contributed by atoms with Gasteiger partial charge in [0, 0.05) is 25.0 Å². The van der Waals surface area contributed by atoms with E-state index in [2.05, 4.69) is 20.8 Å². The predicted molar refractivity (Wildman–Crippen MR) is 84.7 cm³/mol. The molecule has 0 atom stereocenters. The fourth-order valence-corrected chi connectivity index (χ4v) is 1.76. The van der Waals surface area contributed by atoms with E-state index in [-0.39, 0.29) is 11.8 Å². The average molecular weight is 296 g/mol. The third-order valence-corrected chi connectivity index (χ3v) is 2.87. The van der Waals surface area contributed by atoms with Crippen molar-refractivity contribution in [1.82, 2.24) is 10.4 Å². The van der Waals surface area contributed by atoms with Crippen LogP contribution < -0.4 is 10.7 Å². The lowest BCUT2D eigenvalue weighted by atomic mass is 10.1. The van der Waals surface area contributed by atoms with E-state index in [0.717, 1.165) is 5.56 Å². The summed E-state index contributed by atoms with van der Waals surface area (Å²) in [6, 6.07) is 10.5. The molecule has 6 nitrogen and oxygen atoms in total. The Balaban J connectivity index is 2.03. The normalized spacial score (nSPS) is 10.9. The molecule has 0 saturated heterocycles. The van der Waals surface area contributed by atoms with Gasteiger partial charge in [0.15, 0.2) is 0 Å². The quantitative estimate of drug-likeness (QED) is 0.670. The highest BCUT2D eigenvalue weighted by Gasteiger charge is 2.04. The van der Waals surface area contributed by atoms with Crippen LogP contribution in [0.2, 0.25) is 0 Å². The first-order valence-corrected chi connectivity index (χ1v) is 6.69. The van der Waals surface area contributed by atoms with E-state index in [0.29, 0.717) is 17.0 Å². The van der Waals surface area contributed by atoms with E-state index in [1.165, 1.54) is 13.1 Å². The summed E-state index contributed by atoms with van der Waals surface area (Å²) in [5.74, 6) is -0.441. The van der Waals surface area contributed by atoms with Gasteiger partial charge in [-0.2, -0.15) is 5.10 Å². The van der Waals surface area contributed by atoms with Crippen molar-refractivity contribution in [2.24, 2.45) is 5.10 Å². The molecule has 2 amide bonds.